The van der Waals surface area contributed by atoms with Gasteiger partial charge in [-0.05, 0) is 42.4 Å². The molecule has 2 aliphatic rings. The van der Waals surface area contributed by atoms with Crippen molar-refractivity contribution in [2.75, 3.05) is 0 Å². The quantitative estimate of drug-likeness (QED) is 0.802. The first kappa shape index (κ1) is 13.4. The lowest BCUT2D eigenvalue weighted by Crippen LogP contribution is -2.07. The van der Waals surface area contributed by atoms with E-state index in [2.05, 4.69) is 54.6 Å². The van der Waals surface area contributed by atoms with E-state index in [9.17, 15) is 0 Å². The van der Waals surface area contributed by atoms with Crippen LogP contribution in [0, 0.1) is 5.92 Å². The minimum Gasteiger partial charge on any atom is -0.326 e. The Balaban J connectivity index is 1.68. The highest BCUT2D eigenvalue weighted by Gasteiger charge is 2.16. The predicted molar refractivity (Wildman–Crippen MR) is 85.4 cm³/mol. The molecule has 1 heteroatoms. The Morgan fingerprint density at radius 1 is 1.05 bits per heavy atom. The molecule has 0 saturated carbocycles. The van der Waals surface area contributed by atoms with Crippen molar-refractivity contribution < 1.29 is 0 Å². The van der Waals surface area contributed by atoms with Gasteiger partial charge in [-0.1, -0.05) is 54.6 Å². The van der Waals surface area contributed by atoms with E-state index in [4.69, 9.17) is 5.73 Å². The fourth-order valence-electron chi connectivity index (χ4n) is 3.15. The van der Waals surface area contributed by atoms with Gasteiger partial charge in [-0.3, -0.25) is 0 Å². The average molecular weight is 265 g/mol. The molecule has 20 heavy (non-hydrogen) atoms. The first-order chi connectivity index (χ1) is 9.86. The van der Waals surface area contributed by atoms with Crippen LogP contribution in [0.3, 0.4) is 0 Å². The van der Waals surface area contributed by atoms with Crippen molar-refractivity contribution in [3.8, 4) is 0 Å². The van der Waals surface area contributed by atoms with Crippen LogP contribution < -0.4 is 5.73 Å². The van der Waals surface area contributed by atoms with Crippen LogP contribution in [0.4, 0.5) is 0 Å². The molecule has 104 valence electrons. The van der Waals surface area contributed by atoms with Crippen LogP contribution in [-0.4, -0.2) is 0 Å². The third-order valence-electron chi connectivity index (χ3n) is 4.45. The van der Waals surface area contributed by atoms with Gasteiger partial charge in [-0.15, -0.1) is 0 Å². The summed E-state index contributed by atoms with van der Waals surface area (Å²) in [6, 6.07) is 8.73. The summed E-state index contributed by atoms with van der Waals surface area (Å²) < 4.78 is 0. The molecule has 0 aliphatic heterocycles. The fourth-order valence-corrected chi connectivity index (χ4v) is 3.15. The second-order valence-electron chi connectivity index (χ2n) is 5.82. The Kier molecular flexibility index (Phi) is 4.17. The van der Waals surface area contributed by atoms with E-state index in [1.807, 2.05) is 0 Å². The third-order valence-corrected chi connectivity index (χ3v) is 4.45. The number of rotatable bonds is 3. The molecule has 0 spiro atoms. The lowest BCUT2D eigenvalue weighted by atomic mass is 9.82. The molecule has 1 nitrogen and oxygen atoms in total. The van der Waals surface area contributed by atoms with Gasteiger partial charge in [-0.2, -0.15) is 0 Å². The standard InChI is InChI=1S/C19H23N/c20-14-15-6-8-17(9-7-15)19-12-10-18(11-13-19)16-4-2-1-3-5-16/h2,4,6-12,16,19H,1,3,5,13-14,20H2. The fraction of sp³-hybridized carbons (Fsp3) is 0.368. The van der Waals surface area contributed by atoms with Gasteiger partial charge < -0.3 is 5.73 Å². The summed E-state index contributed by atoms with van der Waals surface area (Å²) in [5, 5.41) is 0. The molecule has 0 saturated heterocycles. The third kappa shape index (κ3) is 2.94. The molecule has 0 bridgehead atoms. The van der Waals surface area contributed by atoms with Crippen LogP contribution in [0.15, 0.2) is 60.2 Å². The van der Waals surface area contributed by atoms with Gasteiger partial charge in [0.2, 0.25) is 0 Å². The molecule has 1 aromatic rings. The highest BCUT2D eigenvalue weighted by molar-refractivity contribution is 5.36. The molecule has 2 atom stereocenters. The maximum atomic E-state index is 5.65. The van der Waals surface area contributed by atoms with Crippen molar-refractivity contribution >= 4 is 0 Å². The molecular weight excluding hydrogens is 242 g/mol. The molecule has 2 unspecified atom stereocenters. The minimum absolute atomic E-state index is 0.526. The average Bonchev–Trinajstić information content (AvgIpc) is 2.56. The summed E-state index contributed by atoms with van der Waals surface area (Å²) in [5.41, 5.74) is 9.76. The summed E-state index contributed by atoms with van der Waals surface area (Å²) in [5.74, 6) is 1.18. The highest BCUT2D eigenvalue weighted by Crippen LogP contribution is 2.32. The van der Waals surface area contributed by atoms with E-state index < -0.39 is 0 Å². The Bertz CT molecular complexity index is 533. The first-order valence-electron chi connectivity index (χ1n) is 7.70. The van der Waals surface area contributed by atoms with Crippen LogP contribution in [-0.2, 0) is 6.54 Å². The molecule has 0 aromatic heterocycles. The topological polar surface area (TPSA) is 26.0 Å². The van der Waals surface area contributed by atoms with Gasteiger partial charge in [0, 0.05) is 18.4 Å². The lowest BCUT2D eigenvalue weighted by Gasteiger charge is -2.23. The number of hydrogen-bond donors (Lipinski definition) is 1. The number of nitrogens with two attached hydrogens (primary N) is 1. The highest BCUT2D eigenvalue weighted by atomic mass is 14.5. The Morgan fingerprint density at radius 3 is 2.50 bits per heavy atom. The van der Waals surface area contributed by atoms with Gasteiger partial charge in [0.1, 0.15) is 0 Å². The summed E-state index contributed by atoms with van der Waals surface area (Å²) in [6.45, 7) is 0.624. The number of allylic oxidation sites excluding steroid dienone is 6. The van der Waals surface area contributed by atoms with E-state index in [0.29, 0.717) is 18.4 Å². The van der Waals surface area contributed by atoms with Gasteiger partial charge in [0.05, 0.1) is 0 Å². The second kappa shape index (κ2) is 6.23. The molecule has 2 aliphatic carbocycles. The summed E-state index contributed by atoms with van der Waals surface area (Å²) >= 11 is 0. The van der Waals surface area contributed by atoms with Crippen molar-refractivity contribution in [1.82, 2.24) is 0 Å². The molecule has 0 amide bonds. The zero-order valence-electron chi connectivity index (χ0n) is 12.0. The zero-order chi connectivity index (χ0) is 13.8. The normalized spacial score (nSPS) is 25.6. The lowest BCUT2D eigenvalue weighted by molar-refractivity contribution is 0.607. The van der Waals surface area contributed by atoms with E-state index in [1.54, 1.807) is 0 Å². The van der Waals surface area contributed by atoms with Crippen molar-refractivity contribution in [2.45, 2.75) is 38.1 Å². The van der Waals surface area contributed by atoms with E-state index >= 15 is 0 Å². The molecule has 1 aromatic carbocycles. The van der Waals surface area contributed by atoms with Crippen LogP contribution in [0.25, 0.3) is 0 Å². The van der Waals surface area contributed by atoms with Crippen molar-refractivity contribution in [3.63, 3.8) is 0 Å². The van der Waals surface area contributed by atoms with E-state index in [-0.39, 0.29) is 0 Å². The SMILES string of the molecule is NCc1ccc(C2C=CC(C3C=CCCC3)=CC2)cc1. The van der Waals surface area contributed by atoms with Crippen LogP contribution in [0.2, 0.25) is 0 Å². The maximum absolute atomic E-state index is 5.65. The summed E-state index contributed by atoms with van der Waals surface area (Å²) in [6.07, 6.45) is 16.9. The molecule has 0 fully saturated rings. The summed E-state index contributed by atoms with van der Waals surface area (Å²) in [4.78, 5) is 0. The Labute approximate surface area is 121 Å². The maximum Gasteiger partial charge on any atom is 0.0178 e. The molecule has 3 rings (SSSR count). The Morgan fingerprint density at radius 2 is 1.90 bits per heavy atom. The minimum atomic E-state index is 0.526. The summed E-state index contributed by atoms with van der Waals surface area (Å²) in [7, 11) is 0. The van der Waals surface area contributed by atoms with E-state index in [1.165, 1.54) is 36.0 Å². The molecule has 2 N–H and O–H groups in total. The van der Waals surface area contributed by atoms with Gasteiger partial charge in [0.25, 0.3) is 0 Å². The van der Waals surface area contributed by atoms with E-state index in [0.717, 1.165) is 6.42 Å². The zero-order valence-corrected chi connectivity index (χ0v) is 12.0. The van der Waals surface area contributed by atoms with Gasteiger partial charge >= 0.3 is 0 Å². The molecular formula is C19H23N. The van der Waals surface area contributed by atoms with Crippen LogP contribution in [0.5, 0.6) is 0 Å². The van der Waals surface area contributed by atoms with Crippen molar-refractivity contribution in [1.29, 1.82) is 0 Å². The van der Waals surface area contributed by atoms with Crippen molar-refractivity contribution in [3.05, 3.63) is 71.3 Å². The van der Waals surface area contributed by atoms with Crippen molar-refractivity contribution in [2.24, 2.45) is 11.7 Å². The Hall–Kier alpha value is -1.60. The number of benzene rings is 1. The molecule has 0 radical (unpaired) electrons. The monoisotopic (exact) mass is 265 g/mol. The molecule has 0 heterocycles. The predicted octanol–water partition coefficient (Wildman–Crippen LogP) is 4.47. The smallest absolute Gasteiger partial charge is 0.0178 e. The second-order valence-corrected chi connectivity index (χ2v) is 5.82. The number of hydrogen-bond acceptors (Lipinski definition) is 1. The first-order valence-corrected chi connectivity index (χ1v) is 7.70. The van der Waals surface area contributed by atoms with Gasteiger partial charge in [0.15, 0.2) is 0 Å². The van der Waals surface area contributed by atoms with Crippen LogP contribution in [0.1, 0.15) is 42.7 Å². The van der Waals surface area contributed by atoms with Crippen LogP contribution >= 0.6 is 0 Å². The largest absolute Gasteiger partial charge is 0.326 e. The van der Waals surface area contributed by atoms with Gasteiger partial charge in [-0.25, -0.2) is 0 Å².